The van der Waals surface area contributed by atoms with Crippen molar-refractivity contribution in [1.82, 2.24) is 0 Å². The zero-order chi connectivity index (χ0) is 30.4. The average molecular weight is 607 g/mol. The summed E-state index contributed by atoms with van der Waals surface area (Å²) < 4.78 is 26.1. The van der Waals surface area contributed by atoms with Gasteiger partial charge in [0.15, 0.2) is 6.10 Å². The minimum Gasteiger partial charge on any atom is -0.462 e. The first-order valence-electron chi connectivity index (χ1n) is 16.8. The molecule has 0 aromatic rings. The van der Waals surface area contributed by atoms with Crippen LogP contribution in [-0.2, 0) is 28.2 Å². The van der Waals surface area contributed by atoms with Gasteiger partial charge in [0, 0.05) is 12.8 Å². The van der Waals surface area contributed by atoms with Crippen LogP contribution in [0.15, 0.2) is 0 Å². The highest BCUT2D eigenvalue weighted by molar-refractivity contribution is 7.46. The molecular weight excluding hydrogens is 543 g/mol. The van der Waals surface area contributed by atoms with Gasteiger partial charge in [0.25, 0.3) is 0 Å². The second kappa shape index (κ2) is 29.1. The largest absolute Gasteiger partial charge is 0.469 e. The standard InChI is InChI=1S/C32H63O8P/c1-3-5-7-9-11-12-13-14-15-16-17-18-19-21-22-24-26-31(33)38-28-30(29-39-41(35,36)37)40-32(34)27-25-23-20-10-8-6-4-2/h30H,3-29H2,1-2H3,(H2,35,36,37)/t30-/m1/s1. The van der Waals surface area contributed by atoms with E-state index in [4.69, 9.17) is 19.3 Å². The third-order valence-corrected chi connectivity index (χ3v) is 7.86. The Morgan fingerprint density at radius 3 is 1.24 bits per heavy atom. The van der Waals surface area contributed by atoms with Crippen molar-refractivity contribution in [1.29, 1.82) is 0 Å². The number of rotatable bonds is 31. The molecule has 0 aliphatic heterocycles. The minimum atomic E-state index is -4.73. The summed E-state index contributed by atoms with van der Waals surface area (Å²) in [5.74, 6) is -0.883. The lowest BCUT2D eigenvalue weighted by atomic mass is 10.0. The van der Waals surface area contributed by atoms with Gasteiger partial charge in [0.1, 0.15) is 6.61 Å². The average Bonchev–Trinajstić information content (AvgIpc) is 2.93. The maximum absolute atomic E-state index is 12.2. The van der Waals surface area contributed by atoms with Crippen molar-refractivity contribution < 1.29 is 37.9 Å². The van der Waals surface area contributed by atoms with Crippen LogP contribution in [0.2, 0.25) is 0 Å². The molecule has 0 fully saturated rings. The molecule has 0 unspecified atom stereocenters. The van der Waals surface area contributed by atoms with Crippen LogP contribution in [0.5, 0.6) is 0 Å². The van der Waals surface area contributed by atoms with Gasteiger partial charge in [-0.1, -0.05) is 149 Å². The van der Waals surface area contributed by atoms with E-state index < -0.39 is 32.5 Å². The summed E-state index contributed by atoms with van der Waals surface area (Å²) in [6.07, 6.45) is 27.1. The Morgan fingerprint density at radius 1 is 0.537 bits per heavy atom. The quantitative estimate of drug-likeness (QED) is 0.0455. The summed E-state index contributed by atoms with van der Waals surface area (Å²) in [5.41, 5.74) is 0. The maximum Gasteiger partial charge on any atom is 0.469 e. The Morgan fingerprint density at radius 2 is 0.878 bits per heavy atom. The molecule has 2 N–H and O–H groups in total. The summed E-state index contributed by atoms with van der Waals surface area (Å²) in [4.78, 5) is 42.3. The van der Waals surface area contributed by atoms with Gasteiger partial charge in [-0.3, -0.25) is 14.1 Å². The van der Waals surface area contributed by atoms with Crippen molar-refractivity contribution in [2.45, 2.75) is 180 Å². The molecule has 0 radical (unpaired) electrons. The molecule has 0 aliphatic carbocycles. The molecule has 0 aromatic heterocycles. The number of esters is 2. The first kappa shape index (κ1) is 40.1. The van der Waals surface area contributed by atoms with E-state index in [0.29, 0.717) is 6.42 Å². The lowest BCUT2D eigenvalue weighted by Crippen LogP contribution is -2.29. The molecule has 0 rings (SSSR count). The maximum atomic E-state index is 12.2. The number of carbonyl (C=O) groups excluding carboxylic acids is 2. The molecule has 0 aromatic carbocycles. The number of hydrogen-bond acceptors (Lipinski definition) is 6. The van der Waals surface area contributed by atoms with E-state index in [1.807, 2.05) is 0 Å². The fourth-order valence-electron chi connectivity index (χ4n) is 4.84. The van der Waals surface area contributed by atoms with E-state index in [2.05, 4.69) is 18.4 Å². The van der Waals surface area contributed by atoms with Gasteiger partial charge in [0.05, 0.1) is 6.61 Å². The highest BCUT2D eigenvalue weighted by atomic mass is 31.2. The number of ether oxygens (including phenoxy) is 2. The van der Waals surface area contributed by atoms with E-state index in [1.54, 1.807) is 0 Å². The predicted octanol–water partition coefficient (Wildman–Crippen LogP) is 9.34. The van der Waals surface area contributed by atoms with E-state index in [-0.39, 0.29) is 19.4 Å². The van der Waals surface area contributed by atoms with Crippen molar-refractivity contribution in [3.63, 3.8) is 0 Å². The van der Waals surface area contributed by atoms with Gasteiger partial charge in [0.2, 0.25) is 0 Å². The van der Waals surface area contributed by atoms with Gasteiger partial charge in [-0.2, -0.15) is 0 Å². The van der Waals surface area contributed by atoms with E-state index in [1.165, 1.54) is 103 Å². The lowest BCUT2D eigenvalue weighted by molar-refractivity contribution is -0.161. The van der Waals surface area contributed by atoms with E-state index in [0.717, 1.165) is 38.5 Å². The highest BCUT2D eigenvalue weighted by Crippen LogP contribution is 2.36. The monoisotopic (exact) mass is 606 g/mol. The number of phosphoric ester groups is 1. The third-order valence-electron chi connectivity index (χ3n) is 7.38. The second-order valence-electron chi connectivity index (χ2n) is 11.5. The lowest BCUT2D eigenvalue weighted by Gasteiger charge is -2.18. The third kappa shape index (κ3) is 31.8. The van der Waals surface area contributed by atoms with Crippen LogP contribution in [0.25, 0.3) is 0 Å². The summed E-state index contributed by atoms with van der Waals surface area (Å²) in [7, 11) is -4.73. The molecule has 0 saturated heterocycles. The smallest absolute Gasteiger partial charge is 0.462 e. The molecule has 1 atom stereocenters. The number of phosphoric acid groups is 1. The molecule has 0 spiro atoms. The SMILES string of the molecule is CCCCCCCCCCCCCCCCCCC(=O)OC[C@H](COP(=O)(O)O)OC(=O)CCCCCCCCC. The van der Waals surface area contributed by atoms with Crippen LogP contribution in [0.3, 0.4) is 0 Å². The van der Waals surface area contributed by atoms with E-state index in [9.17, 15) is 14.2 Å². The first-order chi connectivity index (χ1) is 19.8. The molecule has 0 saturated carbocycles. The van der Waals surface area contributed by atoms with Gasteiger partial charge in [-0.25, -0.2) is 4.57 Å². The van der Waals surface area contributed by atoms with Crippen LogP contribution in [0.4, 0.5) is 0 Å². The zero-order valence-corrected chi connectivity index (χ0v) is 27.4. The molecule has 244 valence electrons. The molecule has 0 bridgehead atoms. The summed E-state index contributed by atoms with van der Waals surface area (Å²) in [6, 6.07) is 0. The van der Waals surface area contributed by atoms with Crippen molar-refractivity contribution in [3.05, 3.63) is 0 Å². The Labute approximate surface area is 251 Å². The minimum absolute atomic E-state index is 0.216. The summed E-state index contributed by atoms with van der Waals surface area (Å²) in [6.45, 7) is 3.62. The van der Waals surface area contributed by atoms with Gasteiger partial charge in [-0.15, -0.1) is 0 Å². The molecule has 9 heteroatoms. The first-order valence-corrected chi connectivity index (χ1v) is 18.4. The van der Waals surface area contributed by atoms with Crippen LogP contribution >= 0.6 is 7.82 Å². The number of carbonyl (C=O) groups is 2. The van der Waals surface area contributed by atoms with Crippen LogP contribution in [-0.4, -0.2) is 41.0 Å². The molecule has 0 aliphatic rings. The highest BCUT2D eigenvalue weighted by Gasteiger charge is 2.22. The van der Waals surface area contributed by atoms with Gasteiger partial charge >= 0.3 is 19.8 Å². The summed E-state index contributed by atoms with van der Waals surface area (Å²) >= 11 is 0. The molecule has 0 heterocycles. The Hall–Kier alpha value is -0.950. The fraction of sp³-hybridized carbons (Fsp3) is 0.938. The van der Waals surface area contributed by atoms with Crippen molar-refractivity contribution in [3.8, 4) is 0 Å². The number of hydrogen-bond donors (Lipinski definition) is 2. The van der Waals surface area contributed by atoms with Crippen molar-refractivity contribution in [2.75, 3.05) is 13.2 Å². The van der Waals surface area contributed by atoms with Gasteiger partial charge < -0.3 is 19.3 Å². The van der Waals surface area contributed by atoms with Crippen LogP contribution in [0, 0.1) is 0 Å². The molecule has 41 heavy (non-hydrogen) atoms. The summed E-state index contributed by atoms with van der Waals surface area (Å²) in [5, 5.41) is 0. The van der Waals surface area contributed by atoms with E-state index >= 15 is 0 Å². The topological polar surface area (TPSA) is 119 Å². The predicted molar refractivity (Wildman–Crippen MR) is 166 cm³/mol. The molecular formula is C32H63O8P. The Kier molecular flexibility index (Phi) is 28.5. The normalized spacial score (nSPS) is 12.4. The fourth-order valence-corrected chi connectivity index (χ4v) is 5.20. The van der Waals surface area contributed by atoms with Crippen molar-refractivity contribution in [2.24, 2.45) is 0 Å². The van der Waals surface area contributed by atoms with Crippen molar-refractivity contribution >= 4 is 19.8 Å². The Bertz CT molecular complexity index is 652. The molecule has 8 nitrogen and oxygen atoms in total. The Balaban J connectivity index is 3.88. The zero-order valence-electron chi connectivity index (χ0n) is 26.5. The van der Waals surface area contributed by atoms with Crippen LogP contribution < -0.4 is 0 Å². The van der Waals surface area contributed by atoms with Gasteiger partial charge in [-0.05, 0) is 12.8 Å². The molecule has 0 amide bonds. The number of unbranched alkanes of at least 4 members (excludes halogenated alkanes) is 21. The van der Waals surface area contributed by atoms with Crippen LogP contribution in [0.1, 0.15) is 174 Å². The second-order valence-corrected chi connectivity index (χ2v) is 12.7.